The molecule has 0 saturated heterocycles. The molecule has 0 spiro atoms. The van der Waals surface area contributed by atoms with Crippen molar-refractivity contribution in [2.75, 3.05) is 9.80 Å². The maximum absolute atomic E-state index is 2.47. The summed E-state index contributed by atoms with van der Waals surface area (Å²) in [5.41, 5.74) is 16.0. The summed E-state index contributed by atoms with van der Waals surface area (Å²) in [5.74, 6) is 0. The molecule has 15 aromatic carbocycles. The highest BCUT2D eigenvalue weighted by atomic mass is 15.1. The Morgan fingerprint density at radius 3 is 1.17 bits per heavy atom. The zero-order valence-corrected chi connectivity index (χ0v) is 42.8. The Morgan fingerprint density at radius 1 is 0.179 bits per heavy atom. The van der Waals surface area contributed by atoms with Crippen LogP contribution in [0.3, 0.4) is 0 Å². The highest BCUT2D eigenvalue weighted by Gasteiger charge is 2.24. The highest BCUT2D eigenvalue weighted by molar-refractivity contribution is 6.30. The van der Waals surface area contributed by atoms with E-state index in [1.54, 1.807) is 0 Å². The van der Waals surface area contributed by atoms with Crippen LogP contribution in [0, 0.1) is 0 Å². The van der Waals surface area contributed by atoms with Crippen molar-refractivity contribution in [3.05, 3.63) is 303 Å². The molecule has 0 N–H and O–H groups in total. The quantitative estimate of drug-likeness (QED) is 0.0995. The predicted octanol–water partition coefficient (Wildman–Crippen LogP) is 21.7. The zero-order valence-electron chi connectivity index (χ0n) is 42.8. The lowest BCUT2D eigenvalue weighted by Gasteiger charge is -2.29. The predicted molar refractivity (Wildman–Crippen MR) is 334 cm³/mol. The molecule has 15 aromatic rings. The molecular weight excluding hydrogens is 941 g/mol. The molecule has 15 rings (SSSR count). The van der Waals surface area contributed by atoms with Crippen LogP contribution < -0.4 is 9.80 Å². The number of fused-ring (bicyclic) bond motifs is 3. The van der Waals surface area contributed by atoms with Crippen molar-refractivity contribution >= 4 is 98.8 Å². The normalized spacial score (nSPS) is 11.6. The van der Waals surface area contributed by atoms with Gasteiger partial charge in [-0.1, -0.05) is 224 Å². The molecule has 364 valence electrons. The van der Waals surface area contributed by atoms with Crippen molar-refractivity contribution in [2.45, 2.75) is 0 Å². The average molecular weight is 991 g/mol. The van der Waals surface area contributed by atoms with Gasteiger partial charge in [0, 0.05) is 34.1 Å². The third-order valence-corrected chi connectivity index (χ3v) is 15.9. The first kappa shape index (κ1) is 45.1. The molecule has 2 heteroatoms. The van der Waals surface area contributed by atoms with Crippen LogP contribution in [0.2, 0.25) is 0 Å². The molecule has 0 bridgehead atoms. The monoisotopic (exact) mass is 990 g/mol. The van der Waals surface area contributed by atoms with E-state index in [9.17, 15) is 0 Å². The van der Waals surface area contributed by atoms with Gasteiger partial charge in [-0.05, 0) is 188 Å². The molecule has 0 aliphatic heterocycles. The van der Waals surface area contributed by atoms with Crippen molar-refractivity contribution in [1.82, 2.24) is 0 Å². The molecule has 0 heterocycles. The smallest absolute Gasteiger partial charge is 0.0468 e. The molecule has 0 aliphatic carbocycles. The van der Waals surface area contributed by atoms with E-state index in [4.69, 9.17) is 0 Å². The Hall–Kier alpha value is -10.3. The lowest BCUT2D eigenvalue weighted by molar-refractivity contribution is 1.29. The maximum atomic E-state index is 2.47. The van der Waals surface area contributed by atoms with Crippen LogP contribution >= 0.6 is 0 Å². The van der Waals surface area contributed by atoms with Crippen LogP contribution in [0.25, 0.3) is 109 Å². The van der Waals surface area contributed by atoms with Gasteiger partial charge in [0.05, 0.1) is 0 Å². The number of rotatable bonds is 10. The molecule has 0 aromatic heterocycles. The van der Waals surface area contributed by atoms with Gasteiger partial charge in [0.25, 0.3) is 0 Å². The van der Waals surface area contributed by atoms with Gasteiger partial charge in [-0.25, -0.2) is 0 Å². The minimum Gasteiger partial charge on any atom is -0.310 e. The molecular formula is C76H50N2. The minimum absolute atomic E-state index is 1.08. The van der Waals surface area contributed by atoms with Gasteiger partial charge in [0.15, 0.2) is 0 Å². The Labute approximate surface area is 453 Å². The number of benzene rings is 15. The fraction of sp³-hybridized carbons (Fsp3) is 0. The first-order valence-electron chi connectivity index (χ1n) is 26.9. The van der Waals surface area contributed by atoms with Gasteiger partial charge in [-0.2, -0.15) is 0 Å². The van der Waals surface area contributed by atoms with Crippen molar-refractivity contribution < 1.29 is 0 Å². The summed E-state index contributed by atoms with van der Waals surface area (Å²) in [6.45, 7) is 0. The van der Waals surface area contributed by atoms with Crippen LogP contribution in [-0.4, -0.2) is 0 Å². The van der Waals surface area contributed by atoms with E-state index in [2.05, 4.69) is 313 Å². The second-order valence-electron chi connectivity index (χ2n) is 20.4. The molecule has 0 atom stereocenters. The Morgan fingerprint density at radius 2 is 0.577 bits per heavy atom. The van der Waals surface area contributed by atoms with Gasteiger partial charge in [0.2, 0.25) is 0 Å². The summed E-state index contributed by atoms with van der Waals surface area (Å²) in [6, 6.07) is 112. The van der Waals surface area contributed by atoms with Crippen molar-refractivity contribution in [1.29, 1.82) is 0 Å². The summed E-state index contributed by atoms with van der Waals surface area (Å²) in [7, 11) is 0. The molecule has 0 radical (unpaired) electrons. The van der Waals surface area contributed by atoms with Crippen molar-refractivity contribution in [2.24, 2.45) is 0 Å². The summed E-state index contributed by atoms with van der Waals surface area (Å²) in [5, 5.41) is 14.8. The fourth-order valence-electron chi connectivity index (χ4n) is 12.3. The molecule has 0 aliphatic rings. The molecule has 78 heavy (non-hydrogen) atoms. The first-order chi connectivity index (χ1) is 38.7. The van der Waals surface area contributed by atoms with Gasteiger partial charge < -0.3 is 9.80 Å². The van der Waals surface area contributed by atoms with Crippen molar-refractivity contribution in [3.63, 3.8) is 0 Å². The SMILES string of the molecule is c1ccc(-c2cccc(N(c3ccccc3)c3ccc4c(-c5ccc6ccc7cccc8ccc5c6c78)c5cc(N(c6ccccc6)c6cccc(-c7ccccc7)c6)ccc5c(-c5ccc6ccccc6c5)c4c3)c2)cc1. The Kier molecular flexibility index (Phi) is 10.9. The van der Waals surface area contributed by atoms with E-state index in [0.717, 1.165) is 34.1 Å². The summed E-state index contributed by atoms with van der Waals surface area (Å²) in [6.07, 6.45) is 0. The summed E-state index contributed by atoms with van der Waals surface area (Å²) in [4.78, 5) is 4.84. The molecule has 0 fully saturated rings. The molecule has 0 saturated carbocycles. The van der Waals surface area contributed by atoms with E-state index in [0.29, 0.717) is 0 Å². The number of para-hydroxylation sites is 2. The highest BCUT2D eigenvalue weighted by Crippen LogP contribution is 2.51. The topological polar surface area (TPSA) is 6.48 Å². The third-order valence-electron chi connectivity index (χ3n) is 15.9. The molecule has 0 amide bonds. The number of nitrogens with zero attached hydrogens (tertiary/aromatic N) is 2. The summed E-state index contributed by atoms with van der Waals surface area (Å²) < 4.78 is 0. The van der Waals surface area contributed by atoms with Gasteiger partial charge in [0.1, 0.15) is 0 Å². The van der Waals surface area contributed by atoms with Crippen molar-refractivity contribution in [3.8, 4) is 44.5 Å². The molecule has 0 unspecified atom stereocenters. The standard InChI is InChI=1S/C76H50N2/c1-5-18-51(19-6-1)58-26-16-32-63(47-58)77(61-28-9-3-10-29-61)65-41-45-70-71(49-65)74(60-37-34-53-22-13-14-23-57(53)46-60)69-44-40-66(78(62-30-11-4-12-31-62)64-33-17-27-59(48-64)52-20-7-2-8-21-52)50-72(69)76(70)68-43-39-56-36-35-54-24-15-25-55-38-42-67(68)75(56)73(54)55/h1-50H. The lowest BCUT2D eigenvalue weighted by Crippen LogP contribution is -2.10. The van der Waals surface area contributed by atoms with E-state index < -0.39 is 0 Å². The maximum Gasteiger partial charge on any atom is 0.0468 e. The van der Waals surface area contributed by atoms with Crippen LogP contribution in [0.4, 0.5) is 34.1 Å². The third kappa shape index (κ3) is 7.73. The van der Waals surface area contributed by atoms with Gasteiger partial charge in [-0.15, -0.1) is 0 Å². The summed E-state index contributed by atoms with van der Waals surface area (Å²) >= 11 is 0. The fourth-order valence-corrected chi connectivity index (χ4v) is 12.3. The second-order valence-corrected chi connectivity index (χ2v) is 20.4. The number of hydrogen-bond acceptors (Lipinski definition) is 2. The van der Waals surface area contributed by atoms with Gasteiger partial charge in [-0.3, -0.25) is 0 Å². The zero-order chi connectivity index (χ0) is 51.5. The Balaban J connectivity index is 1.06. The van der Waals surface area contributed by atoms with Crippen LogP contribution in [0.1, 0.15) is 0 Å². The van der Waals surface area contributed by atoms with E-state index in [1.807, 2.05) is 0 Å². The lowest BCUT2D eigenvalue weighted by atomic mass is 9.82. The number of hydrogen-bond donors (Lipinski definition) is 0. The van der Waals surface area contributed by atoms with E-state index in [-0.39, 0.29) is 0 Å². The molecule has 2 nitrogen and oxygen atoms in total. The van der Waals surface area contributed by atoms with Crippen LogP contribution in [0.15, 0.2) is 303 Å². The van der Waals surface area contributed by atoms with Crippen LogP contribution in [0.5, 0.6) is 0 Å². The average Bonchev–Trinajstić information content (AvgIpc) is 3.70. The van der Waals surface area contributed by atoms with Gasteiger partial charge >= 0.3 is 0 Å². The Bertz CT molecular complexity index is 4710. The first-order valence-corrected chi connectivity index (χ1v) is 26.9. The van der Waals surface area contributed by atoms with E-state index in [1.165, 1.54) is 109 Å². The van der Waals surface area contributed by atoms with E-state index >= 15 is 0 Å². The largest absolute Gasteiger partial charge is 0.310 e. The van der Waals surface area contributed by atoms with Crippen LogP contribution in [-0.2, 0) is 0 Å². The minimum atomic E-state index is 1.08. The second kappa shape index (κ2) is 18.8. The number of anilines is 6.